The predicted molar refractivity (Wildman–Crippen MR) is 117 cm³/mol. The van der Waals surface area contributed by atoms with E-state index in [1.165, 1.54) is 49.6 Å². The summed E-state index contributed by atoms with van der Waals surface area (Å²) in [6, 6.07) is 9.72. The number of carbonyl (C=O) groups excluding carboxylic acids is 4. The molecule has 0 aromatic heterocycles. The number of nitrogens with one attached hydrogen (secondary N) is 1. The van der Waals surface area contributed by atoms with Crippen LogP contribution >= 0.6 is 23.4 Å². The van der Waals surface area contributed by atoms with Crippen molar-refractivity contribution in [2.75, 3.05) is 19.0 Å². The van der Waals surface area contributed by atoms with Crippen molar-refractivity contribution in [3.8, 4) is 0 Å². The Kier molecular flexibility index (Phi) is 6.91. The van der Waals surface area contributed by atoms with Gasteiger partial charge in [0.15, 0.2) is 0 Å². The number of nitrogens with zero attached hydrogens (tertiary/aromatic N) is 2. The molecule has 1 aliphatic heterocycles. The lowest BCUT2D eigenvalue weighted by Gasteiger charge is -2.13. The Hall–Kier alpha value is -3.70. The summed E-state index contributed by atoms with van der Waals surface area (Å²) in [4.78, 5) is 60.0. The van der Waals surface area contributed by atoms with Gasteiger partial charge in [-0.2, -0.15) is 0 Å². The van der Waals surface area contributed by atoms with Gasteiger partial charge in [0.05, 0.1) is 27.5 Å². The third-order valence-electron chi connectivity index (χ3n) is 4.21. The molecule has 3 rings (SSSR count). The number of rotatable bonds is 6. The molecule has 0 radical (unpaired) electrons. The van der Waals surface area contributed by atoms with Crippen LogP contribution in [-0.2, 0) is 14.3 Å². The molecule has 2 aromatic carbocycles. The average molecular weight is 476 g/mol. The van der Waals surface area contributed by atoms with Crippen LogP contribution in [0.15, 0.2) is 47.4 Å². The van der Waals surface area contributed by atoms with E-state index in [1.807, 2.05) is 0 Å². The summed E-state index contributed by atoms with van der Waals surface area (Å²) < 4.78 is 4.61. The topological polar surface area (TPSA) is 136 Å². The fourth-order valence-corrected chi connectivity index (χ4v) is 3.76. The molecule has 0 unspecified atom stereocenters. The van der Waals surface area contributed by atoms with Gasteiger partial charge in [0.25, 0.3) is 16.8 Å². The minimum atomic E-state index is -0.701. The van der Waals surface area contributed by atoms with Gasteiger partial charge in [-0.15, -0.1) is 0 Å². The number of imide groups is 1. The third kappa shape index (κ3) is 5.13. The number of hydrogen-bond donors (Lipinski definition) is 1. The number of anilines is 1. The molecular weight excluding hydrogens is 462 g/mol. The van der Waals surface area contributed by atoms with Crippen molar-refractivity contribution >= 4 is 63.8 Å². The van der Waals surface area contributed by atoms with Gasteiger partial charge in [0, 0.05) is 17.8 Å². The lowest BCUT2D eigenvalue weighted by atomic mass is 10.2. The highest BCUT2D eigenvalue weighted by Gasteiger charge is 2.36. The molecule has 10 nitrogen and oxygen atoms in total. The number of thioether (sulfide) groups is 1. The molecule has 1 fully saturated rings. The number of benzene rings is 2. The smallest absolute Gasteiger partial charge is 0.339 e. The van der Waals surface area contributed by atoms with Crippen LogP contribution in [0.2, 0.25) is 5.02 Å². The van der Waals surface area contributed by atoms with Crippen molar-refractivity contribution in [2.24, 2.45) is 0 Å². The molecule has 0 saturated carbocycles. The van der Waals surface area contributed by atoms with E-state index < -0.39 is 34.5 Å². The van der Waals surface area contributed by atoms with E-state index in [0.717, 1.165) is 4.90 Å². The van der Waals surface area contributed by atoms with E-state index in [1.54, 1.807) is 6.07 Å². The first-order valence-electron chi connectivity index (χ1n) is 8.87. The van der Waals surface area contributed by atoms with Gasteiger partial charge in [-0.3, -0.25) is 29.4 Å². The summed E-state index contributed by atoms with van der Waals surface area (Å²) in [5.41, 5.74) is 0.467. The molecule has 2 aromatic rings. The Labute approximate surface area is 190 Å². The second-order valence-electron chi connectivity index (χ2n) is 6.35. The molecule has 12 heteroatoms. The Bertz CT molecular complexity index is 1180. The summed E-state index contributed by atoms with van der Waals surface area (Å²) in [5.74, 6) is -2.07. The number of esters is 1. The van der Waals surface area contributed by atoms with Gasteiger partial charge in [-0.1, -0.05) is 23.7 Å². The number of halogens is 1. The van der Waals surface area contributed by atoms with Gasteiger partial charge in [0.2, 0.25) is 5.91 Å². The summed E-state index contributed by atoms with van der Waals surface area (Å²) >= 11 is 6.55. The largest absolute Gasteiger partial charge is 0.465 e. The summed E-state index contributed by atoms with van der Waals surface area (Å²) in [6.45, 7) is -0.562. The molecule has 1 aliphatic rings. The second kappa shape index (κ2) is 9.62. The van der Waals surface area contributed by atoms with Gasteiger partial charge in [0.1, 0.15) is 6.54 Å². The molecule has 1 saturated heterocycles. The van der Waals surface area contributed by atoms with Crippen molar-refractivity contribution in [3.63, 3.8) is 0 Å². The zero-order chi connectivity index (χ0) is 23.4. The van der Waals surface area contributed by atoms with E-state index in [0.29, 0.717) is 17.3 Å². The Morgan fingerprint density at radius 2 is 2.00 bits per heavy atom. The van der Waals surface area contributed by atoms with Crippen LogP contribution in [0.5, 0.6) is 0 Å². The van der Waals surface area contributed by atoms with Crippen LogP contribution in [0.4, 0.5) is 16.2 Å². The number of methoxy groups -OCH3 is 1. The highest BCUT2D eigenvalue weighted by Crippen LogP contribution is 2.32. The van der Waals surface area contributed by atoms with E-state index in [9.17, 15) is 29.3 Å². The van der Waals surface area contributed by atoms with Gasteiger partial charge >= 0.3 is 5.97 Å². The van der Waals surface area contributed by atoms with Crippen molar-refractivity contribution < 1.29 is 28.8 Å². The average Bonchev–Trinajstić information content (AvgIpc) is 3.02. The minimum absolute atomic E-state index is 0.0303. The van der Waals surface area contributed by atoms with Crippen molar-refractivity contribution in [2.45, 2.75) is 0 Å². The van der Waals surface area contributed by atoms with Crippen LogP contribution in [0.1, 0.15) is 15.9 Å². The monoisotopic (exact) mass is 475 g/mol. The number of hydrogen-bond acceptors (Lipinski definition) is 8. The molecule has 32 heavy (non-hydrogen) atoms. The lowest BCUT2D eigenvalue weighted by molar-refractivity contribution is -0.384. The maximum Gasteiger partial charge on any atom is 0.339 e. The molecular formula is C20H14ClN3O7S. The Balaban J connectivity index is 1.72. The number of non-ortho nitro benzene ring substituents is 1. The van der Waals surface area contributed by atoms with E-state index >= 15 is 0 Å². The van der Waals surface area contributed by atoms with Gasteiger partial charge < -0.3 is 10.1 Å². The fourth-order valence-electron chi connectivity index (χ4n) is 2.73. The first-order valence-corrected chi connectivity index (χ1v) is 10.1. The molecule has 0 aliphatic carbocycles. The number of ether oxygens (including phenoxy) is 1. The highest BCUT2D eigenvalue weighted by atomic mass is 35.5. The number of amides is 3. The Morgan fingerprint density at radius 3 is 2.69 bits per heavy atom. The molecule has 0 spiro atoms. The molecule has 164 valence electrons. The zero-order valence-corrected chi connectivity index (χ0v) is 17.9. The fraction of sp³-hybridized carbons (Fsp3) is 0.100. The first kappa shape index (κ1) is 23.0. The molecule has 1 N–H and O–H groups in total. The number of nitro groups is 1. The SMILES string of the molecule is COC(=O)c1cc(NC(=O)CN2C(=O)S/C(=C/c3cccc([N+](=O)[O-])c3)C2=O)ccc1Cl. The van der Waals surface area contributed by atoms with Crippen molar-refractivity contribution in [1.29, 1.82) is 0 Å². The quantitative estimate of drug-likeness (QED) is 0.289. The molecule has 0 bridgehead atoms. The van der Waals surface area contributed by atoms with E-state index in [4.69, 9.17) is 11.6 Å². The maximum absolute atomic E-state index is 12.6. The molecule has 3 amide bonds. The third-order valence-corrected chi connectivity index (χ3v) is 5.45. The highest BCUT2D eigenvalue weighted by molar-refractivity contribution is 8.18. The van der Waals surface area contributed by atoms with Crippen LogP contribution in [0.25, 0.3) is 6.08 Å². The standard InChI is InChI=1S/C20H14ClN3O7S/c1-31-19(27)14-9-12(5-6-15(14)21)22-17(25)10-23-18(26)16(32-20(23)28)8-11-3-2-4-13(7-11)24(29)30/h2-9H,10H2,1H3,(H,22,25)/b16-8+. The van der Waals surface area contributed by atoms with E-state index in [-0.39, 0.29) is 26.9 Å². The van der Waals surface area contributed by atoms with Crippen molar-refractivity contribution in [1.82, 2.24) is 4.90 Å². The number of nitro benzene ring substituents is 1. The lowest BCUT2D eigenvalue weighted by Crippen LogP contribution is -2.36. The van der Waals surface area contributed by atoms with Gasteiger partial charge in [-0.05, 0) is 41.6 Å². The maximum atomic E-state index is 12.6. The molecule has 1 heterocycles. The minimum Gasteiger partial charge on any atom is -0.465 e. The Morgan fingerprint density at radius 1 is 1.25 bits per heavy atom. The van der Waals surface area contributed by atoms with Crippen molar-refractivity contribution in [3.05, 3.63) is 73.6 Å². The van der Waals surface area contributed by atoms with Crippen LogP contribution in [-0.4, -0.2) is 46.5 Å². The van der Waals surface area contributed by atoms with E-state index in [2.05, 4.69) is 10.1 Å². The van der Waals surface area contributed by atoms with Crippen LogP contribution in [0, 0.1) is 10.1 Å². The predicted octanol–water partition coefficient (Wildman–Crippen LogP) is 3.71. The summed E-state index contributed by atoms with van der Waals surface area (Å²) in [6.07, 6.45) is 1.34. The number of carbonyl (C=O) groups is 4. The van der Waals surface area contributed by atoms with Crippen LogP contribution < -0.4 is 5.32 Å². The second-order valence-corrected chi connectivity index (χ2v) is 7.75. The summed E-state index contributed by atoms with van der Waals surface area (Å²) in [5, 5.41) is 12.9. The normalized spacial score (nSPS) is 14.6. The first-order chi connectivity index (χ1) is 15.2. The van der Waals surface area contributed by atoms with Gasteiger partial charge in [-0.25, -0.2) is 4.79 Å². The van der Waals surface area contributed by atoms with Crippen LogP contribution in [0.3, 0.4) is 0 Å². The molecule has 0 atom stereocenters. The summed E-state index contributed by atoms with van der Waals surface area (Å²) in [7, 11) is 1.19. The zero-order valence-electron chi connectivity index (χ0n) is 16.4.